The number of hydrogen-bond acceptors (Lipinski definition) is 5. The van der Waals surface area contributed by atoms with Crippen molar-refractivity contribution in [1.29, 1.82) is 0 Å². The minimum Gasteiger partial charge on any atom is -0.473 e. The monoisotopic (exact) mass is 292 g/mol. The number of rotatable bonds is 6. The maximum Gasteiger partial charge on any atom is 0.242 e. The van der Waals surface area contributed by atoms with Crippen molar-refractivity contribution in [1.82, 2.24) is 9.97 Å². The molecule has 0 atom stereocenters. The number of hydrogen-bond donors (Lipinski definition) is 2. The Morgan fingerprint density at radius 3 is 2.62 bits per heavy atom. The van der Waals surface area contributed by atoms with Crippen LogP contribution in [0.5, 0.6) is 5.88 Å². The molecule has 0 saturated heterocycles. The van der Waals surface area contributed by atoms with Gasteiger partial charge in [0.25, 0.3) is 0 Å². The molecular weight excluding hydrogens is 264 g/mol. The number of aromatic nitrogens is 2. The lowest BCUT2D eigenvalue weighted by molar-refractivity contribution is 0.234. The predicted octanol–water partition coefficient (Wildman–Crippen LogP) is 3.62. The minimum absolute atomic E-state index is 0.0551. The van der Waals surface area contributed by atoms with Crippen LogP contribution in [0, 0.1) is 5.92 Å². The van der Waals surface area contributed by atoms with E-state index in [0.717, 1.165) is 5.92 Å². The van der Waals surface area contributed by atoms with Crippen molar-refractivity contribution < 1.29 is 4.74 Å². The SMILES string of the molecule is CCCC1CCC(Nc2ncnc(OC(C)C)c2N)CC1. The summed E-state index contributed by atoms with van der Waals surface area (Å²) in [5.74, 6) is 2.08. The van der Waals surface area contributed by atoms with Gasteiger partial charge in [-0.3, -0.25) is 0 Å². The van der Waals surface area contributed by atoms with Gasteiger partial charge >= 0.3 is 0 Å². The smallest absolute Gasteiger partial charge is 0.242 e. The van der Waals surface area contributed by atoms with E-state index >= 15 is 0 Å². The fourth-order valence-electron chi connectivity index (χ4n) is 3.01. The molecule has 1 aromatic heterocycles. The van der Waals surface area contributed by atoms with E-state index in [0.29, 0.717) is 23.4 Å². The largest absolute Gasteiger partial charge is 0.473 e. The van der Waals surface area contributed by atoms with E-state index in [1.54, 1.807) is 0 Å². The van der Waals surface area contributed by atoms with E-state index in [-0.39, 0.29) is 6.10 Å². The van der Waals surface area contributed by atoms with Gasteiger partial charge in [-0.1, -0.05) is 19.8 Å². The van der Waals surface area contributed by atoms with Gasteiger partial charge in [0.05, 0.1) is 6.10 Å². The zero-order chi connectivity index (χ0) is 15.2. The summed E-state index contributed by atoms with van der Waals surface area (Å²) in [6.45, 7) is 6.19. The molecule has 3 N–H and O–H groups in total. The van der Waals surface area contributed by atoms with Crippen LogP contribution in [0.15, 0.2) is 6.33 Å². The Labute approximate surface area is 127 Å². The molecular formula is C16H28N4O. The number of ether oxygens (including phenoxy) is 1. The third kappa shape index (κ3) is 4.48. The van der Waals surface area contributed by atoms with Crippen LogP contribution in [0.25, 0.3) is 0 Å². The molecule has 118 valence electrons. The quantitative estimate of drug-likeness (QED) is 0.837. The average molecular weight is 292 g/mol. The molecule has 5 heteroatoms. The highest BCUT2D eigenvalue weighted by atomic mass is 16.5. The van der Waals surface area contributed by atoms with Crippen LogP contribution in [0.2, 0.25) is 0 Å². The molecule has 0 radical (unpaired) electrons. The Kier molecular flexibility index (Phi) is 5.65. The molecule has 0 aromatic carbocycles. The molecule has 2 rings (SSSR count). The molecule has 1 aromatic rings. The number of anilines is 2. The summed E-state index contributed by atoms with van der Waals surface area (Å²) in [5.41, 5.74) is 6.63. The summed E-state index contributed by atoms with van der Waals surface area (Å²) < 4.78 is 5.61. The summed E-state index contributed by atoms with van der Waals surface area (Å²) in [5, 5.41) is 3.47. The van der Waals surface area contributed by atoms with Crippen molar-refractivity contribution in [3.8, 4) is 5.88 Å². The second kappa shape index (κ2) is 7.48. The van der Waals surface area contributed by atoms with Gasteiger partial charge in [0, 0.05) is 6.04 Å². The predicted molar refractivity (Wildman–Crippen MR) is 86.5 cm³/mol. The van der Waals surface area contributed by atoms with Crippen molar-refractivity contribution in [3.63, 3.8) is 0 Å². The molecule has 1 heterocycles. The van der Waals surface area contributed by atoms with Crippen molar-refractivity contribution in [2.24, 2.45) is 5.92 Å². The summed E-state index contributed by atoms with van der Waals surface area (Å²) in [7, 11) is 0. The van der Waals surface area contributed by atoms with E-state index < -0.39 is 0 Å². The molecule has 1 fully saturated rings. The molecule has 21 heavy (non-hydrogen) atoms. The Morgan fingerprint density at radius 1 is 1.29 bits per heavy atom. The van der Waals surface area contributed by atoms with E-state index in [4.69, 9.17) is 10.5 Å². The number of nitrogens with one attached hydrogen (secondary N) is 1. The first kappa shape index (κ1) is 15.9. The second-order valence-electron chi connectivity index (χ2n) is 6.26. The second-order valence-corrected chi connectivity index (χ2v) is 6.26. The first-order chi connectivity index (χ1) is 10.1. The van der Waals surface area contributed by atoms with E-state index in [1.165, 1.54) is 44.9 Å². The van der Waals surface area contributed by atoms with E-state index in [2.05, 4.69) is 22.2 Å². The van der Waals surface area contributed by atoms with Gasteiger partial charge in [-0.05, 0) is 45.4 Å². The third-order valence-electron chi connectivity index (χ3n) is 4.08. The zero-order valence-corrected chi connectivity index (χ0v) is 13.4. The molecule has 0 unspecified atom stereocenters. The Morgan fingerprint density at radius 2 is 2.00 bits per heavy atom. The molecule has 1 saturated carbocycles. The van der Waals surface area contributed by atoms with Crippen molar-refractivity contribution >= 4 is 11.5 Å². The van der Waals surface area contributed by atoms with Crippen LogP contribution in [-0.2, 0) is 0 Å². The van der Waals surface area contributed by atoms with Crippen molar-refractivity contribution in [2.75, 3.05) is 11.1 Å². The molecule has 5 nitrogen and oxygen atoms in total. The third-order valence-corrected chi connectivity index (χ3v) is 4.08. The standard InChI is InChI=1S/C16H28N4O/c1-4-5-12-6-8-13(9-7-12)20-15-14(17)16(19-10-18-15)21-11(2)3/h10-13H,4-9,17H2,1-3H3,(H,18,19,20). The maximum atomic E-state index is 6.11. The lowest BCUT2D eigenvalue weighted by Crippen LogP contribution is -2.27. The minimum atomic E-state index is 0.0551. The molecule has 0 amide bonds. The highest BCUT2D eigenvalue weighted by Crippen LogP contribution is 2.31. The number of nitrogen functional groups attached to an aromatic ring is 1. The fourth-order valence-corrected chi connectivity index (χ4v) is 3.01. The number of nitrogens with zero attached hydrogens (tertiary/aromatic N) is 2. The first-order valence-corrected chi connectivity index (χ1v) is 8.13. The molecule has 0 aliphatic heterocycles. The van der Waals surface area contributed by atoms with Crippen LogP contribution in [-0.4, -0.2) is 22.1 Å². The molecule has 0 spiro atoms. The van der Waals surface area contributed by atoms with Crippen molar-refractivity contribution in [3.05, 3.63) is 6.33 Å². The van der Waals surface area contributed by atoms with Gasteiger partial charge in [0.2, 0.25) is 5.88 Å². The highest BCUT2D eigenvalue weighted by molar-refractivity contribution is 5.66. The van der Waals surface area contributed by atoms with Gasteiger partial charge in [0.1, 0.15) is 12.0 Å². The molecule has 1 aliphatic rings. The summed E-state index contributed by atoms with van der Waals surface area (Å²) in [4.78, 5) is 8.38. The average Bonchev–Trinajstić information content (AvgIpc) is 2.45. The fraction of sp³-hybridized carbons (Fsp3) is 0.750. The zero-order valence-electron chi connectivity index (χ0n) is 13.4. The van der Waals surface area contributed by atoms with Crippen LogP contribution in [0.3, 0.4) is 0 Å². The Hall–Kier alpha value is -1.52. The lowest BCUT2D eigenvalue weighted by atomic mass is 9.83. The van der Waals surface area contributed by atoms with Gasteiger partial charge in [-0.15, -0.1) is 0 Å². The Bertz CT molecular complexity index is 442. The number of nitrogens with two attached hydrogens (primary N) is 1. The van der Waals surface area contributed by atoms with E-state index in [9.17, 15) is 0 Å². The van der Waals surface area contributed by atoms with Crippen LogP contribution < -0.4 is 15.8 Å². The van der Waals surface area contributed by atoms with E-state index in [1.807, 2.05) is 13.8 Å². The highest BCUT2D eigenvalue weighted by Gasteiger charge is 2.22. The van der Waals surface area contributed by atoms with Crippen molar-refractivity contribution in [2.45, 2.75) is 71.4 Å². The summed E-state index contributed by atoms with van der Waals surface area (Å²) in [6.07, 6.45) is 9.19. The van der Waals surface area contributed by atoms with Gasteiger partial charge in [-0.25, -0.2) is 4.98 Å². The summed E-state index contributed by atoms with van der Waals surface area (Å²) in [6, 6.07) is 0.460. The first-order valence-electron chi connectivity index (χ1n) is 8.13. The van der Waals surface area contributed by atoms with Crippen LogP contribution in [0.4, 0.5) is 11.5 Å². The van der Waals surface area contributed by atoms with Gasteiger partial charge in [0.15, 0.2) is 5.82 Å². The van der Waals surface area contributed by atoms with Gasteiger partial charge < -0.3 is 15.8 Å². The summed E-state index contributed by atoms with van der Waals surface area (Å²) >= 11 is 0. The maximum absolute atomic E-state index is 6.11. The van der Waals surface area contributed by atoms with Gasteiger partial charge in [-0.2, -0.15) is 4.98 Å². The molecule has 1 aliphatic carbocycles. The normalized spacial score (nSPS) is 22.3. The van der Waals surface area contributed by atoms with Crippen LogP contribution >= 0.6 is 0 Å². The van der Waals surface area contributed by atoms with Crippen LogP contribution in [0.1, 0.15) is 59.3 Å². The molecule has 0 bridgehead atoms. The Balaban J connectivity index is 1.94. The lowest BCUT2D eigenvalue weighted by Gasteiger charge is -2.29. The topological polar surface area (TPSA) is 73.1 Å².